The standard InChI is InChI=1S/C19H17F6NO3/c1-2-15(11-28-16-8-4-6-13(10-16)19(23,24)25)29-17(27)26-14-7-3-5-12(9-14)18(20,21)22/h3-10,15H,2,11H2,1H3,(H,26,27). The Hall–Kier alpha value is -2.91. The Bertz CT molecular complexity index is 835. The Kier molecular flexibility index (Phi) is 6.99. The minimum Gasteiger partial charge on any atom is -0.490 e. The van der Waals surface area contributed by atoms with Crippen molar-refractivity contribution in [2.24, 2.45) is 0 Å². The molecule has 0 bridgehead atoms. The topological polar surface area (TPSA) is 47.6 Å². The van der Waals surface area contributed by atoms with Crippen LogP contribution in [-0.4, -0.2) is 18.8 Å². The number of halogens is 6. The number of hydrogen-bond acceptors (Lipinski definition) is 3. The summed E-state index contributed by atoms with van der Waals surface area (Å²) in [4.78, 5) is 11.9. The molecule has 2 rings (SSSR count). The number of anilines is 1. The van der Waals surface area contributed by atoms with Crippen LogP contribution >= 0.6 is 0 Å². The number of hydrogen-bond donors (Lipinski definition) is 1. The molecule has 0 aromatic heterocycles. The predicted octanol–water partition coefficient (Wildman–Crippen LogP) is 6.13. The highest BCUT2D eigenvalue weighted by atomic mass is 19.4. The quantitative estimate of drug-likeness (QED) is 0.571. The molecular weight excluding hydrogens is 404 g/mol. The maximum atomic E-state index is 12.7. The van der Waals surface area contributed by atoms with E-state index in [-0.39, 0.29) is 24.5 Å². The number of benzene rings is 2. The third-order valence-electron chi connectivity index (χ3n) is 3.76. The molecule has 1 amide bonds. The molecule has 0 spiro atoms. The van der Waals surface area contributed by atoms with Gasteiger partial charge < -0.3 is 9.47 Å². The molecular formula is C19H17F6NO3. The maximum Gasteiger partial charge on any atom is 0.416 e. The van der Waals surface area contributed by atoms with E-state index < -0.39 is 35.7 Å². The van der Waals surface area contributed by atoms with Crippen LogP contribution < -0.4 is 10.1 Å². The zero-order chi connectivity index (χ0) is 21.7. The smallest absolute Gasteiger partial charge is 0.416 e. The van der Waals surface area contributed by atoms with E-state index in [0.717, 1.165) is 30.3 Å². The fourth-order valence-electron chi connectivity index (χ4n) is 2.26. The van der Waals surface area contributed by atoms with Gasteiger partial charge in [-0.1, -0.05) is 19.1 Å². The zero-order valence-corrected chi connectivity index (χ0v) is 15.1. The van der Waals surface area contributed by atoms with Crippen LogP contribution in [-0.2, 0) is 17.1 Å². The highest BCUT2D eigenvalue weighted by Gasteiger charge is 2.31. The van der Waals surface area contributed by atoms with Gasteiger partial charge in [-0.3, -0.25) is 5.32 Å². The van der Waals surface area contributed by atoms with Crippen LogP contribution in [0.4, 0.5) is 36.8 Å². The summed E-state index contributed by atoms with van der Waals surface area (Å²) in [5, 5.41) is 2.18. The van der Waals surface area contributed by atoms with Gasteiger partial charge in [0, 0.05) is 5.69 Å². The van der Waals surface area contributed by atoms with Crippen LogP contribution in [0.3, 0.4) is 0 Å². The van der Waals surface area contributed by atoms with E-state index in [9.17, 15) is 31.1 Å². The molecule has 4 nitrogen and oxygen atoms in total. The van der Waals surface area contributed by atoms with Crippen molar-refractivity contribution in [3.8, 4) is 5.75 Å². The van der Waals surface area contributed by atoms with Crippen molar-refractivity contribution in [1.82, 2.24) is 0 Å². The number of rotatable bonds is 6. The zero-order valence-electron chi connectivity index (χ0n) is 15.1. The number of carbonyl (C=O) groups is 1. The molecule has 0 fully saturated rings. The Labute approximate surface area is 162 Å². The van der Waals surface area contributed by atoms with Crippen LogP contribution in [0.1, 0.15) is 24.5 Å². The molecule has 0 saturated carbocycles. The van der Waals surface area contributed by atoms with Crippen molar-refractivity contribution in [1.29, 1.82) is 0 Å². The molecule has 10 heteroatoms. The molecule has 2 aromatic rings. The van der Waals surface area contributed by atoms with Crippen LogP contribution in [0.25, 0.3) is 0 Å². The van der Waals surface area contributed by atoms with Gasteiger partial charge in [0.25, 0.3) is 0 Å². The van der Waals surface area contributed by atoms with Crippen LogP contribution in [0.5, 0.6) is 5.75 Å². The first kappa shape index (κ1) is 22.4. The van der Waals surface area contributed by atoms with E-state index in [4.69, 9.17) is 9.47 Å². The summed E-state index contributed by atoms with van der Waals surface area (Å²) < 4.78 is 86.6. The fraction of sp³-hybridized carbons (Fsp3) is 0.316. The molecule has 0 heterocycles. The highest BCUT2D eigenvalue weighted by Crippen LogP contribution is 2.32. The van der Waals surface area contributed by atoms with Gasteiger partial charge in [-0.25, -0.2) is 4.79 Å². The first-order valence-electron chi connectivity index (χ1n) is 8.44. The second-order valence-electron chi connectivity index (χ2n) is 5.98. The summed E-state index contributed by atoms with van der Waals surface area (Å²) in [6.45, 7) is 1.42. The molecule has 0 aliphatic rings. The average Bonchev–Trinajstić information content (AvgIpc) is 2.64. The normalized spacial score (nSPS) is 12.9. The van der Waals surface area contributed by atoms with Crippen LogP contribution in [0.2, 0.25) is 0 Å². The van der Waals surface area contributed by atoms with Crippen LogP contribution in [0, 0.1) is 0 Å². The lowest BCUT2D eigenvalue weighted by atomic mass is 10.2. The maximum absolute atomic E-state index is 12.7. The second kappa shape index (κ2) is 9.06. The van der Waals surface area contributed by atoms with Gasteiger partial charge in [0.2, 0.25) is 0 Å². The van der Waals surface area contributed by atoms with E-state index in [2.05, 4.69) is 5.32 Å². The molecule has 1 N–H and O–H groups in total. The van der Waals surface area contributed by atoms with Crippen molar-refractivity contribution in [2.75, 3.05) is 11.9 Å². The van der Waals surface area contributed by atoms with E-state index in [1.807, 2.05) is 0 Å². The van der Waals surface area contributed by atoms with Crippen molar-refractivity contribution >= 4 is 11.8 Å². The molecule has 158 valence electrons. The minimum absolute atomic E-state index is 0.0554. The minimum atomic E-state index is -4.56. The Morgan fingerprint density at radius 1 is 0.966 bits per heavy atom. The van der Waals surface area contributed by atoms with Gasteiger partial charge in [-0.2, -0.15) is 26.3 Å². The number of alkyl halides is 6. The molecule has 0 aliphatic heterocycles. The Morgan fingerprint density at radius 2 is 1.55 bits per heavy atom. The number of carbonyl (C=O) groups excluding carboxylic acids is 1. The average molecular weight is 421 g/mol. The molecule has 29 heavy (non-hydrogen) atoms. The van der Waals surface area contributed by atoms with Crippen molar-refractivity contribution < 1.29 is 40.6 Å². The third-order valence-corrected chi connectivity index (χ3v) is 3.76. The van der Waals surface area contributed by atoms with Gasteiger partial charge in [-0.05, 0) is 42.8 Å². The third kappa shape index (κ3) is 6.88. The predicted molar refractivity (Wildman–Crippen MR) is 92.6 cm³/mol. The molecule has 0 aliphatic carbocycles. The lowest BCUT2D eigenvalue weighted by Crippen LogP contribution is -2.27. The molecule has 0 radical (unpaired) electrons. The van der Waals surface area contributed by atoms with Gasteiger partial charge in [0.1, 0.15) is 18.5 Å². The number of ether oxygens (including phenoxy) is 2. The van der Waals surface area contributed by atoms with Gasteiger partial charge in [0.15, 0.2) is 0 Å². The SMILES string of the molecule is CCC(COc1cccc(C(F)(F)F)c1)OC(=O)Nc1cccc(C(F)(F)F)c1. The monoisotopic (exact) mass is 421 g/mol. The second-order valence-corrected chi connectivity index (χ2v) is 5.98. The summed E-state index contributed by atoms with van der Waals surface area (Å²) in [7, 11) is 0. The molecule has 1 unspecified atom stereocenters. The summed E-state index contributed by atoms with van der Waals surface area (Å²) >= 11 is 0. The molecule has 2 aromatic carbocycles. The van der Waals surface area contributed by atoms with Crippen LogP contribution in [0.15, 0.2) is 48.5 Å². The van der Waals surface area contributed by atoms with Crippen molar-refractivity contribution in [3.05, 3.63) is 59.7 Å². The first-order chi connectivity index (χ1) is 13.5. The summed E-state index contributed by atoms with van der Waals surface area (Å²) in [5.41, 5.74) is -1.93. The number of amides is 1. The van der Waals surface area contributed by atoms with Gasteiger partial charge >= 0.3 is 18.4 Å². The highest BCUT2D eigenvalue weighted by molar-refractivity contribution is 5.84. The largest absolute Gasteiger partial charge is 0.490 e. The lowest BCUT2D eigenvalue weighted by molar-refractivity contribution is -0.138. The van der Waals surface area contributed by atoms with Gasteiger partial charge in [0.05, 0.1) is 11.1 Å². The number of nitrogens with one attached hydrogen (secondary N) is 1. The summed E-state index contributed by atoms with van der Waals surface area (Å²) in [6.07, 6.45) is -10.6. The first-order valence-corrected chi connectivity index (χ1v) is 8.44. The molecule has 1 atom stereocenters. The van der Waals surface area contributed by atoms with E-state index in [1.54, 1.807) is 6.92 Å². The van der Waals surface area contributed by atoms with Crippen molar-refractivity contribution in [2.45, 2.75) is 31.8 Å². The summed E-state index contributed by atoms with van der Waals surface area (Å²) in [6, 6.07) is 8.21. The van der Waals surface area contributed by atoms with Gasteiger partial charge in [-0.15, -0.1) is 0 Å². The molecule has 0 saturated heterocycles. The van der Waals surface area contributed by atoms with E-state index >= 15 is 0 Å². The Morgan fingerprint density at radius 3 is 2.14 bits per heavy atom. The Balaban J connectivity index is 1.94. The lowest BCUT2D eigenvalue weighted by Gasteiger charge is -2.18. The summed E-state index contributed by atoms with van der Waals surface area (Å²) in [5.74, 6) is -0.0554. The fourth-order valence-corrected chi connectivity index (χ4v) is 2.26. The van der Waals surface area contributed by atoms with Crippen molar-refractivity contribution in [3.63, 3.8) is 0 Å². The van der Waals surface area contributed by atoms with E-state index in [1.165, 1.54) is 18.2 Å². The van der Waals surface area contributed by atoms with E-state index in [0.29, 0.717) is 0 Å².